The Morgan fingerprint density at radius 2 is 2.04 bits per heavy atom. The van der Waals surface area contributed by atoms with E-state index in [0.29, 0.717) is 29.6 Å². The summed E-state index contributed by atoms with van der Waals surface area (Å²) < 4.78 is 10.4. The molecule has 1 aromatic heterocycles. The first kappa shape index (κ1) is 16.8. The lowest BCUT2D eigenvalue weighted by molar-refractivity contribution is 0.0617. The SMILES string of the molecule is COc1ccc(Cl)cc1CN1CCN(C(=O)c2cc(C)on2)CC1. The van der Waals surface area contributed by atoms with E-state index in [1.54, 1.807) is 20.1 Å². The van der Waals surface area contributed by atoms with Gasteiger partial charge in [0.15, 0.2) is 5.69 Å². The lowest BCUT2D eigenvalue weighted by Gasteiger charge is -2.34. The Labute approximate surface area is 145 Å². The molecule has 1 aliphatic rings. The molecule has 1 aliphatic heterocycles. The fourth-order valence-corrected chi connectivity index (χ4v) is 3.04. The topological polar surface area (TPSA) is 58.8 Å². The second kappa shape index (κ2) is 7.23. The number of hydrogen-bond acceptors (Lipinski definition) is 5. The van der Waals surface area contributed by atoms with Crippen LogP contribution in [0.5, 0.6) is 5.75 Å². The molecule has 1 saturated heterocycles. The maximum atomic E-state index is 12.4. The van der Waals surface area contributed by atoms with Crippen molar-refractivity contribution in [3.63, 3.8) is 0 Å². The van der Waals surface area contributed by atoms with Gasteiger partial charge in [0.1, 0.15) is 11.5 Å². The van der Waals surface area contributed by atoms with Crippen LogP contribution in [-0.2, 0) is 6.54 Å². The minimum absolute atomic E-state index is 0.0770. The average molecular weight is 350 g/mol. The van der Waals surface area contributed by atoms with E-state index in [9.17, 15) is 4.79 Å². The fourth-order valence-electron chi connectivity index (χ4n) is 2.85. The van der Waals surface area contributed by atoms with Crippen LogP contribution in [0.25, 0.3) is 0 Å². The summed E-state index contributed by atoms with van der Waals surface area (Å²) in [5.41, 5.74) is 1.43. The number of carbonyl (C=O) groups excluding carboxylic acids is 1. The van der Waals surface area contributed by atoms with Gasteiger partial charge in [-0.3, -0.25) is 9.69 Å². The molecule has 0 spiro atoms. The molecule has 128 valence electrons. The van der Waals surface area contributed by atoms with Gasteiger partial charge in [-0.25, -0.2) is 0 Å². The predicted molar refractivity (Wildman–Crippen MR) is 90.4 cm³/mol. The molecule has 1 amide bonds. The molecule has 0 bridgehead atoms. The van der Waals surface area contributed by atoms with E-state index in [0.717, 1.165) is 30.9 Å². The smallest absolute Gasteiger partial charge is 0.276 e. The van der Waals surface area contributed by atoms with E-state index in [4.69, 9.17) is 20.9 Å². The van der Waals surface area contributed by atoms with Crippen molar-refractivity contribution >= 4 is 17.5 Å². The third-order valence-electron chi connectivity index (χ3n) is 4.14. The molecule has 0 radical (unpaired) electrons. The van der Waals surface area contributed by atoms with E-state index >= 15 is 0 Å². The fraction of sp³-hybridized carbons (Fsp3) is 0.412. The molecule has 2 heterocycles. The number of piperazine rings is 1. The first-order valence-corrected chi connectivity index (χ1v) is 8.22. The van der Waals surface area contributed by atoms with Crippen molar-refractivity contribution in [1.82, 2.24) is 15.0 Å². The Morgan fingerprint density at radius 3 is 2.67 bits per heavy atom. The summed E-state index contributed by atoms with van der Waals surface area (Å²) in [6.07, 6.45) is 0. The molecule has 0 aliphatic carbocycles. The Bertz CT molecular complexity index is 724. The van der Waals surface area contributed by atoms with Crippen LogP contribution in [0.15, 0.2) is 28.8 Å². The highest BCUT2D eigenvalue weighted by Crippen LogP contribution is 2.24. The molecule has 24 heavy (non-hydrogen) atoms. The van der Waals surface area contributed by atoms with E-state index < -0.39 is 0 Å². The van der Waals surface area contributed by atoms with Crippen LogP contribution >= 0.6 is 11.6 Å². The first-order chi connectivity index (χ1) is 11.6. The Hall–Kier alpha value is -2.05. The van der Waals surface area contributed by atoms with Crippen LogP contribution in [0.2, 0.25) is 5.02 Å². The second-order valence-electron chi connectivity index (χ2n) is 5.85. The highest BCUT2D eigenvalue weighted by Gasteiger charge is 2.24. The maximum Gasteiger partial charge on any atom is 0.276 e. The number of ether oxygens (including phenoxy) is 1. The molecular formula is C17H20ClN3O3. The van der Waals surface area contributed by atoms with Crippen LogP contribution < -0.4 is 4.74 Å². The number of aromatic nitrogens is 1. The summed E-state index contributed by atoms with van der Waals surface area (Å²) in [6, 6.07) is 7.30. The molecule has 7 heteroatoms. The molecule has 1 fully saturated rings. The van der Waals surface area contributed by atoms with Crippen molar-refractivity contribution in [3.8, 4) is 5.75 Å². The minimum atomic E-state index is -0.0770. The van der Waals surface area contributed by atoms with Gasteiger partial charge < -0.3 is 14.2 Å². The van der Waals surface area contributed by atoms with Gasteiger partial charge in [0.2, 0.25) is 0 Å². The normalized spacial score (nSPS) is 15.5. The van der Waals surface area contributed by atoms with Gasteiger partial charge in [0.05, 0.1) is 7.11 Å². The summed E-state index contributed by atoms with van der Waals surface area (Å²) in [5, 5.41) is 4.49. The zero-order valence-corrected chi connectivity index (χ0v) is 14.5. The number of methoxy groups -OCH3 is 1. The van der Waals surface area contributed by atoms with Gasteiger partial charge in [0, 0.05) is 49.4 Å². The zero-order valence-electron chi connectivity index (χ0n) is 13.8. The van der Waals surface area contributed by atoms with Crippen molar-refractivity contribution < 1.29 is 14.1 Å². The Morgan fingerprint density at radius 1 is 1.29 bits per heavy atom. The molecule has 3 rings (SSSR count). The number of hydrogen-bond donors (Lipinski definition) is 0. The van der Waals surface area contributed by atoms with Crippen molar-refractivity contribution in [2.24, 2.45) is 0 Å². The van der Waals surface area contributed by atoms with E-state index in [2.05, 4.69) is 10.1 Å². The van der Waals surface area contributed by atoms with Gasteiger partial charge in [-0.05, 0) is 25.1 Å². The molecule has 2 aromatic rings. The molecule has 1 aromatic carbocycles. The number of nitrogens with zero attached hydrogens (tertiary/aromatic N) is 3. The number of halogens is 1. The van der Waals surface area contributed by atoms with E-state index in [1.165, 1.54) is 0 Å². The second-order valence-corrected chi connectivity index (χ2v) is 6.28. The van der Waals surface area contributed by atoms with Gasteiger partial charge in [0.25, 0.3) is 5.91 Å². The Balaban J connectivity index is 1.59. The summed E-state index contributed by atoms with van der Waals surface area (Å²) in [4.78, 5) is 16.5. The number of rotatable bonds is 4. The summed E-state index contributed by atoms with van der Waals surface area (Å²) in [5.74, 6) is 1.40. The number of benzene rings is 1. The monoisotopic (exact) mass is 349 g/mol. The molecule has 0 unspecified atom stereocenters. The van der Waals surface area contributed by atoms with Crippen LogP contribution in [-0.4, -0.2) is 54.2 Å². The summed E-state index contributed by atoms with van der Waals surface area (Å²) in [6.45, 7) is 5.42. The zero-order chi connectivity index (χ0) is 17.1. The third kappa shape index (κ3) is 3.71. The van der Waals surface area contributed by atoms with Gasteiger partial charge >= 0.3 is 0 Å². The van der Waals surface area contributed by atoms with Crippen LogP contribution in [0.1, 0.15) is 21.8 Å². The van der Waals surface area contributed by atoms with Crippen molar-refractivity contribution in [1.29, 1.82) is 0 Å². The highest BCUT2D eigenvalue weighted by molar-refractivity contribution is 6.30. The van der Waals surface area contributed by atoms with Crippen LogP contribution in [0.4, 0.5) is 0 Å². The van der Waals surface area contributed by atoms with E-state index in [1.807, 2.05) is 23.1 Å². The summed E-state index contributed by atoms with van der Waals surface area (Å²) in [7, 11) is 1.66. The largest absolute Gasteiger partial charge is 0.496 e. The standard InChI is InChI=1S/C17H20ClN3O3/c1-12-9-15(19-24-12)17(22)21-7-5-20(6-8-21)11-13-10-14(18)3-4-16(13)23-2/h3-4,9-10H,5-8,11H2,1-2H3. The first-order valence-electron chi connectivity index (χ1n) is 7.84. The van der Waals surface area contributed by atoms with Crippen LogP contribution in [0.3, 0.4) is 0 Å². The molecule has 0 saturated carbocycles. The number of amides is 1. The van der Waals surface area contributed by atoms with Crippen molar-refractivity contribution in [2.75, 3.05) is 33.3 Å². The maximum absolute atomic E-state index is 12.4. The van der Waals surface area contributed by atoms with E-state index in [-0.39, 0.29) is 5.91 Å². The van der Waals surface area contributed by atoms with Crippen molar-refractivity contribution in [2.45, 2.75) is 13.5 Å². The molecule has 6 nitrogen and oxygen atoms in total. The van der Waals surface area contributed by atoms with Gasteiger partial charge in [-0.1, -0.05) is 16.8 Å². The molecule has 0 atom stereocenters. The van der Waals surface area contributed by atoms with Gasteiger partial charge in [-0.15, -0.1) is 0 Å². The summed E-state index contributed by atoms with van der Waals surface area (Å²) >= 11 is 6.08. The third-order valence-corrected chi connectivity index (χ3v) is 4.38. The predicted octanol–water partition coefficient (Wildman–Crippen LogP) is 2.60. The average Bonchev–Trinajstić information content (AvgIpc) is 3.02. The molecular weight excluding hydrogens is 330 g/mol. The quantitative estimate of drug-likeness (QED) is 0.849. The van der Waals surface area contributed by atoms with Crippen LogP contribution in [0, 0.1) is 6.92 Å². The Kier molecular flexibility index (Phi) is 5.06. The number of aryl methyl sites for hydroxylation is 1. The van der Waals surface area contributed by atoms with Crippen molar-refractivity contribution in [3.05, 3.63) is 46.3 Å². The number of carbonyl (C=O) groups is 1. The lowest BCUT2D eigenvalue weighted by atomic mass is 10.1. The molecule has 0 N–H and O–H groups in total. The minimum Gasteiger partial charge on any atom is -0.496 e. The lowest BCUT2D eigenvalue weighted by Crippen LogP contribution is -2.48. The van der Waals surface area contributed by atoms with Gasteiger partial charge in [-0.2, -0.15) is 0 Å². The highest BCUT2D eigenvalue weighted by atomic mass is 35.5.